The molecule has 3 rings (SSSR count). The van der Waals surface area contributed by atoms with Crippen LogP contribution in [0.15, 0.2) is 54.6 Å². The first kappa shape index (κ1) is 18.0. The lowest BCUT2D eigenvalue weighted by Crippen LogP contribution is -2.37. The largest absolute Gasteiger partial charge is 0.342 e. The molecule has 0 aromatic heterocycles. The monoisotopic (exact) mass is 355 g/mol. The molecule has 0 saturated carbocycles. The van der Waals surface area contributed by atoms with Crippen LogP contribution in [0.1, 0.15) is 55.6 Å². The number of carbonyl (C=O) groups is 1. The van der Waals surface area contributed by atoms with Crippen LogP contribution in [0.25, 0.3) is 0 Å². The number of hydrogen-bond acceptors (Lipinski definition) is 1. The van der Waals surface area contributed by atoms with Gasteiger partial charge < -0.3 is 4.90 Å². The molecule has 0 bridgehead atoms. The number of likely N-dealkylation sites (tertiary alicyclic amines) is 1. The summed E-state index contributed by atoms with van der Waals surface area (Å²) in [4.78, 5) is 15.3. The van der Waals surface area contributed by atoms with Gasteiger partial charge in [0, 0.05) is 24.0 Å². The van der Waals surface area contributed by atoms with Crippen molar-refractivity contribution in [2.45, 2.75) is 44.4 Å². The first-order valence-corrected chi connectivity index (χ1v) is 9.66. The van der Waals surface area contributed by atoms with Crippen LogP contribution in [-0.4, -0.2) is 23.9 Å². The van der Waals surface area contributed by atoms with E-state index in [0.717, 1.165) is 42.9 Å². The van der Waals surface area contributed by atoms with Gasteiger partial charge in [-0.2, -0.15) is 0 Å². The van der Waals surface area contributed by atoms with Crippen molar-refractivity contribution >= 4 is 17.5 Å². The minimum absolute atomic E-state index is 0.0369. The van der Waals surface area contributed by atoms with Crippen molar-refractivity contribution in [2.75, 3.05) is 13.1 Å². The molecule has 2 atom stereocenters. The van der Waals surface area contributed by atoms with E-state index in [4.69, 9.17) is 11.6 Å². The van der Waals surface area contributed by atoms with E-state index in [9.17, 15) is 4.79 Å². The molecular formula is C22H26ClNO. The van der Waals surface area contributed by atoms with Crippen LogP contribution >= 0.6 is 11.6 Å². The third-order valence-electron chi connectivity index (χ3n) is 5.23. The van der Waals surface area contributed by atoms with Gasteiger partial charge in [-0.1, -0.05) is 67.4 Å². The summed E-state index contributed by atoms with van der Waals surface area (Å²) in [7, 11) is 0. The maximum absolute atomic E-state index is 13.2. The summed E-state index contributed by atoms with van der Waals surface area (Å²) in [5.74, 6) is 0.636. The molecule has 25 heavy (non-hydrogen) atoms. The van der Waals surface area contributed by atoms with Crippen LogP contribution in [0.5, 0.6) is 0 Å². The number of halogens is 1. The average Bonchev–Trinajstić information content (AvgIpc) is 2.90. The summed E-state index contributed by atoms with van der Waals surface area (Å²) in [6.07, 6.45) is 4.22. The fourth-order valence-corrected chi connectivity index (χ4v) is 3.93. The lowest BCUT2D eigenvalue weighted by Gasteiger charge is -2.28. The highest BCUT2D eigenvalue weighted by Gasteiger charge is 2.28. The van der Waals surface area contributed by atoms with Gasteiger partial charge in [0.1, 0.15) is 0 Å². The molecule has 0 spiro atoms. The third kappa shape index (κ3) is 4.43. The van der Waals surface area contributed by atoms with Gasteiger partial charge in [0.15, 0.2) is 0 Å². The Hall–Kier alpha value is -1.80. The van der Waals surface area contributed by atoms with Crippen LogP contribution in [0, 0.1) is 0 Å². The quantitative estimate of drug-likeness (QED) is 0.696. The summed E-state index contributed by atoms with van der Waals surface area (Å²) in [6.45, 7) is 3.78. The van der Waals surface area contributed by atoms with Gasteiger partial charge >= 0.3 is 0 Å². The fraction of sp³-hybridized carbons (Fsp3) is 0.409. The zero-order chi connectivity index (χ0) is 17.6. The average molecular weight is 356 g/mol. The first-order chi connectivity index (χ1) is 12.2. The zero-order valence-electron chi connectivity index (χ0n) is 14.8. The summed E-state index contributed by atoms with van der Waals surface area (Å²) in [5.41, 5.74) is 2.42. The summed E-state index contributed by atoms with van der Waals surface area (Å²) >= 11 is 6.03. The lowest BCUT2D eigenvalue weighted by atomic mass is 9.92. The highest BCUT2D eigenvalue weighted by atomic mass is 35.5. The Balaban J connectivity index is 1.77. The standard InChI is InChI=1S/C22H26ClNO/c1-2-21(18-8-4-3-5-9-18)22(25)24-15-7-6-10-19(16-24)17-11-13-20(23)14-12-17/h3-5,8-9,11-14,19,21H,2,6-7,10,15-16H2,1H3. The van der Waals surface area contributed by atoms with Gasteiger partial charge in [0.2, 0.25) is 5.91 Å². The Bertz CT molecular complexity index is 683. The van der Waals surface area contributed by atoms with Gasteiger partial charge in [0.05, 0.1) is 5.92 Å². The maximum Gasteiger partial charge on any atom is 0.230 e. The topological polar surface area (TPSA) is 20.3 Å². The van der Waals surface area contributed by atoms with E-state index in [1.54, 1.807) is 0 Å². The molecule has 1 amide bonds. The summed E-state index contributed by atoms with van der Waals surface area (Å²) in [6, 6.07) is 18.3. The molecule has 1 heterocycles. The third-order valence-corrected chi connectivity index (χ3v) is 5.48. The first-order valence-electron chi connectivity index (χ1n) is 9.28. The Morgan fingerprint density at radius 1 is 1.12 bits per heavy atom. The molecule has 1 saturated heterocycles. The van der Waals surface area contributed by atoms with Gasteiger partial charge in [-0.25, -0.2) is 0 Å². The number of nitrogens with zero attached hydrogens (tertiary/aromatic N) is 1. The van der Waals surface area contributed by atoms with Crippen LogP contribution in [0.3, 0.4) is 0 Å². The number of rotatable bonds is 4. The summed E-state index contributed by atoms with van der Waals surface area (Å²) in [5, 5.41) is 0.764. The number of amides is 1. The second kappa shape index (κ2) is 8.53. The SMILES string of the molecule is CCC(C(=O)N1CCCCC(c2ccc(Cl)cc2)C1)c1ccccc1. The zero-order valence-corrected chi connectivity index (χ0v) is 15.6. The van der Waals surface area contributed by atoms with Crippen molar-refractivity contribution in [3.8, 4) is 0 Å². The predicted molar refractivity (Wildman–Crippen MR) is 104 cm³/mol. The molecule has 0 radical (unpaired) electrons. The van der Waals surface area contributed by atoms with E-state index >= 15 is 0 Å². The van der Waals surface area contributed by atoms with Gasteiger partial charge in [-0.05, 0) is 42.5 Å². The van der Waals surface area contributed by atoms with Crippen LogP contribution in [0.4, 0.5) is 0 Å². The van der Waals surface area contributed by atoms with E-state index < -0.39 is 0 Å². The van der Waals surface area contributed by atoms with Crippen molar-refractivity contribution in [3.05, 3.63) is 70.7 Å². The van der Waals surface area contributed by atoms with E-state index in [-0.39, 0.29) is 11.8 Å². The lowest BCUT2D eigenvalue weighted by molar-refractivity contribution is -0.133. The van der Waals surface area contributed by atoms with Gasteiger partial charge in [-0.3, -0.25) is 4.79 Å². The van der Waals surface area contributed by atoms with Crippen molar-refractivity contribution in [3.63, 3.8) is 0 Å². The molecule has 0 N–H and O–H groups in total. The maximum atomic E-state index is 13.2. The molecule has 1 fully saturated rings. The second-order valence-corrected chi connectivity index (χ2v) is 7.34. The van der Waals surface area contributed by atoms with Crippen molar-refractivity contribution in [2.24, 2.45) is 0 Å². The van der Waals surface area contributed by atoms with Crippen molar-refractivity contribution < 1.29 is 4.79 Å². The molecule has 2 nitrogen and oxygen atoms in total. The Morgan fingerprint density at radius 2 is 1.84 bits per heavy atom. The van der Waals surface area contributed by atoms with E-state index in [1.165, 1.54) is 12.0 Å². The normalized spacial score (nSPS) is 19.3. The Labute approximate surface area is 155 Å². The Kier molecular flexibility index (Phi) is 6.14. The Morgan fingerprint density at radius 3 is 2.52 bits per heavy atom. The van der Waals surface area contributed by atoms with Crippen molar-refractivity contribution in [1.82, 2.24) is 4.90 Å². The van der Waals surface area contributed by atoms with Gasteiger partial charge in [-0.15, -0.1) is 0 Å². The molecule has 132 valence electrons. The summed E-state index contributed by atoms with van der Waals surface area (Å²) < 4.78 is 0. The van der Waals surface area contributed by atoms with Crippen LogP contribution in [-0.2, 0) is 4.79 Å². The van der Waals surface area contributed by atoms with Crippen molar-refractivity contribution in [1.29, 1.82) is 0 Å². The highest BCUT2D eigenvalue weighted by molar-refractivity contribution is 6.30. The predicted octanol–water partition coefficient (Wildman–Crippen LogP) is 5.63. The molecule has 3 heteroatoms. The highest BCUT2D eigenvalue weighted by Crippen LogP contribution is 2.30. The van der Waals surface area contributed by atoms with E-state index in [2.05, 4.69) is 36.1 Å². The second-order valence-electron chi connectivity index (χ2n) is 6.90. The number of carbonyl (C=O) groups excluding carboxylic acids is 1. The minimum Gasteiger partial charge on any atom is -0.342 e. The van der Waals surface area contributed by atoms with Crippen LogP contribution in [0.2, 0.25) is 5.02 Å². The molecule has 1 aliphatic heterocycles. The molecule has 1 aliphatic rings. The molecule has 0 aliphatic carbocycles. The van der Waals surface area contributed by atoms with E-state index in [1.807, 2.05) is 30.3 Å². The van der Waals surface area contributed by atoms with Gasteiger partial charge in [0.25, 0.3) is 0 Å². The number of hydrogen-bond donors (Lipinski definition) is 0. The van der Waals surface area contributed by atoms with Crippen LogP contribution < -0.4 is 0 Å². The smallest absolute Gasteiger partial charge is 0.230 e. The van der Waals surface area contributed by atoms with E-state index in [0.29, 0.717) is 5.92 Å². The molecule has 2 unspecified atom stereocenters. The number of benzene rings is 2. The minimum atomic E-state index is -0.0369. The molecule has 2 aromatic rings. The fourth-order valence-electron chi connectivity index (χ4n) is 3.81. The molecule has 2 aromatic carbocycles. The molecular weight excluding hydrogens is 330 g/mol.